The maximum atomic E-state index is 12.2. The van der Waals surface area contributed by atoms with Gasteiger partial charge in [0, 0.05) is 17.8 Å². The van der Waals surface area contributed by atoms with E-state index in [1.54, 1.807) is 30.3 Å². The molecule has 0 fully saturated rings. The van der Waals surface area contributed by atoms with Crippen LogP contribution in [0.5, 0.6) is 0 Å². The summed E-state index contributed by atoms with van der Waals surface area (Å²) >= 11 is 5.81. The Hall–Kier alpha value is -2.12. The summed E-state index contributed by atoms with van der Waals surface area (Å²) in [6.45, 7) is 0. The van der Waals surface area contributed by atoms with Crippen molar-refractivity contribution in [2.45, 2.75) is 4.90 Å². The Balaban J connectivity index is 2.44. The number of nitro benzene ring substituents is 1. The molecule has 0 aliphatic rings. The predicted molar refractivity (Wildman–Crippen MR) is 75.4 cm³/mol. The molecule has 0 atom stereocenters. The lowest BCUT2D eigenvalue weighted by atomic mass is 10.3. The van der Waals surface area contributed by atoms with Crippen LogP contribution in [0.1, 0.15) is 0 Å². The molecule has 0 aliphatic heterocycles. The van der Waals surface area contributed by atoms with Gasteiger partial charge in [-0.2, -0.15) is 0 Å². The quantitative estimate of drug-likeness (QED) is 0.694. The Bertz CT molecular complexity index is 747. The number of hydrogen-bond acceptors (Lipinski definition) is 4. The minimum absolute atomic E-state index is 0.0842. The molecule has 0 aromatic heterocycles. The minimum Gasteiger partial charge on any atom is -0.280 e. The fourth-order valence-corrected chi connectivity index (χ4v) is 3.11. The summed E-state index contributed by atoms with van der Waals surface area (Å²) in [5.41, 5.74) is -0.00194. The lowest BCUT2D eigenvalue weighted by molar-refractivity contribution is -0.385. The molecule has 0 amide bonds. The molecule has 0 spiro atoms. The fourth-order valence-electron chi connectivity index (χ4n) is 1.53. The number of hydrogen-bond donors (Lipinski definition) is 1. The van der Waals surface area contributed by atoms with E-state index in [0.717, 1.165) is 12.1 Å². The third-order valence-electron chi connectivity index (χ3n) is 2.44. The van der Waals surface area contributed by atoms with Gasteiger partial charge < -0.3 is 0 Å². The van der Waals surface area contributed by atoms with Crippen molar-refractivity contribution in [1.82, 2.24) is 0 Å². The molecule has 0 saturated carbocycles. The predicted octanol–water partition coefficient (Wildman–Crippen LogP) is 3.05. The van der Waals surface area contributed by atoms with E-state index in [1.807, 2.05) is 0 Å². The summed E-state index contributed by atoms with van der Waals surface area (Å²) in [6.07, 6.45) is 0. The van der Waals surface area contributed by atoms with Crippen LogP contribution in [-0.4, -0.2) is 13.3 Å². The van der Waals surface area contributed by atoms with Gasteiger partial charge in [0.05, 0.1) is 9.95 Å². The molecule has 1 N–H and O–H groups in total. The zero-order chi connectivity index (χ0) is 14.8. The average Bonchev–Trinajstić information content (AvgIpc) is 2.39. The number of rotatable bonds is 4. The SMILES string of the molecule is O=[N+]([O-])c1ccc(Cl)c(S(=O)(=O)Nc2ccccc2)c1. The molecule has 6 nitrogen and oxygen atoms in total. The van der Waals surface area contributed by atoms with Gasteiger partial charge >= 0.3 is 0 Å². The Morgan fingerprint density at radius 3 is 2.35 bits per heavy atom. The molecule has 0 unspecified atom stereocenters. The lowest BCUT2D eigenvalue weighted by Crippen LogP contribution is -2.13. The van der Waals surface area contributed by atoms with Crippen molar-refractivity contribution in [3.05, 3.63) is 63.7 Å². The number of para-hydroxylation sites is 1. The first kappa shape index (κ1) is 14.3. The Morgan fingerprint density at radius 1 is 1.10 bits per heavy atom. The van der Waals surface area contributed by atoms with Crippen LogP contribution < -0.4 is 4.72 Å². The molecule has 2 aromatic rings. The summed E-state index contributed by atoms with van der Waals surface area (Å²) in [6, 6.07) is 11.4. The van der Waals surface area contributed by atoms with E-state index in [0.29, 0.717) is 5.69 Å². The molecule has 2 aromatic carbocycles. The van der Waals surface area contributed by atoms with Crippen LogP contribution in [0.15, 0.2) is 53.4 Å². The summed E-state index contributed by atoms with van der Waals surface area (Å²) in [5, 5.41) is 10.6. The normalized spacial score (nSPS) is 11.1. The van der Waals surface area contributed by atoms with Crippen LogP contribution in [0.3, 0.4) is 0 Å². The van der Waals surface area contributed by atoms with Crippen molar-refractivity contribution in [2.24, 2.45) is 0 Å². The van der Waals surface area contributed by atoms with Gasteiger partial charge in [0.1, 0.15) is 4.90 Å². The highest BCUT2D eigenvalue weighted by atomic mass is 35.5. The zero-order valence-corrected chi connectivity index (χ0v) is 11.6. The molecular weight excluding hydrogens is 304 g/mol. The van der Waals surface area contributed by atoms with Crippen molar-refractivity contribution in [3.63, 3.8) is 0 Å². The molecule has 0 bridgehead atoms. The number of anilines is 1. The van der Waals surface area contributed by atoms with E-state index < -0.39 is 14.9 Å². The van der Waals surface area contributed by atoms with Crippen molar-refractivity contribution in [2.75, 3.05) is 4.72 Å². The van der Waals surface area contributed by atoms with E-state index in [-0.39, 0.29) is 15.6 Å². The van der Waals surface area contributed by atoms with Gasteiger partial charge in [0.15, 0.2) is 0 Å². The molecule has 0 heterocycles. The van der Waals surface area contributed by atoms with E-state index >= 15 is 0 Å². The first-order chi connectivity index (χ1) is 9.40. The fraction of sp³-hybridized carbons (Fsp3) is 0. The first-order valence-electron chi connectivity index (χ1n) is 5.42. The summed E-state index contributed by atoms with van der Waals surface area (Å²) in [4.78, 5) is 9.68. The summed E-state index contributed by atoms with van der Waals surface area (Å²) in [7, 11) is -3.99. The molecule has 2 rings (SSSR count). The highest BCUT2D eigenvalue weighted by Crippen LogP contribution is 2.27. The largest absolute Gasteiger partial charge is 0.280 e. The molecule has 20 heavy (non-hydrogen) atoms. The topological polar surface area (TPSA) is 89.3 Å². The Labute approximate surface area is 120 Å². The second-order valence-electron chi connectivity index (χ2n) is 3.84. The molecule has 0 aliphatic carbocycles. The average molecular weight is 313 g/mol. The number of sulfonamides is 1. The molecular formula is C12H9ClN2O4S. The molecule has 104 valence electrons. The molecule has 0 saturated heterocycles. The third-order valence-corrected chi connectivity index (χ3v) is 4.30. The van der Waals surface area contributed by atoms with Gasteiger partial charge in [-0.25, -0.2) is 8.42 Å². The van der Waals surface area contributed by atoms with Gasteiger partial charge in [-0.05, 0) is 18.2 Å². The Morgan fingerprint density at radius 2 is 1.75 bits per heavy atom. The van der Waals surface area contributed by atoms with Crippen molar-refractivity contribution in [3.8, 4) is 0 Å². The number of benzene rings is 2. The maximum Gasteiger partial charge on any atom is 0.270 e. The van der Waals surface area contributed by atoms with E-state index in [9.17, 15) is 18.5 Å². The van der Waals surface area contributed by atoms with Crippen LogP contribution in [0.2, 0.25) is 5.02 Å². The molecule has 8 heteroatoms. The monoisotopic (exact) mass is 312 g/mol. The maximum absolute atomic E-state index is 12.2. The van der Waals surface area contributed by atoms with Crippen molar-refractivity contribution >= 4 is 33.0 Å². The number of nitro groups is 1. The van der Waals surface area contributed by atoms with Crippen molar-refractivity contribution < 1.29 is 13.3 Å². The van der Waals surface area contributed by atoms with E-state index in [4.69, 9.17) is 11.6 Å². The standard InChI is InChI=1S/C12H9ClN2O4S/c13-11-7-6-10(15(16)17)8-12(11)20(18,19)14-9-4-2-1-3-5-9/h1-8,14H. The second-order valence-corrected chi connectivity index (χ2v) is 5.90. The van der Waals surface area contributed by atoms with Gasteiger partial charge in [-0.15, -0.1) is 0 Å². The van der Waals surface area contributed by atoms with E-state index in [2.05, 4.69) is 4.72 Å². The number of non-ortho nitro benzene ring substituents is 1. The highest BCUT2D eigenvalue weighted by molar-refractivity contribution is 7.92. The van der Waals surface area contributed by atoms with E-state index in [1.165, 1.54) is 6.07 Å². The van der Waals surface area contributed by atoms with Gasteiger partial charge in [-0.1, -0.05) is 29.8 Å². The van der Waals surface area contributed by atoms with Gasteiger partial charge in [-0.3, -0.25) is 14.8 Å². The van der Waals surface area contributed by atoms with Crippen molar-refractivity contribution in [1.29, 1.82) is 0 Å². The van der Waals surface area contributed by atoms with Crippen LogP contribution in [-0.2, 0) is 10.0 Å². The van der Waals surface area contributed by atoms with Crippen LogP contribution >= 0.6 is 11.6 Å². The summed E-state index contributed by atoms with van der Waals surface area (Å²) < 4.78 is 26.7. The number of nitrogens with zero attached hydrogens (tertiary/aromatic N) is 1. The highest BCUT2D eigenvalue weighted by Gasteiger charge is 2.21. The van der Waals surface area contributed by atoms with Crippen LogP contribution in [0, 0.1) is 10.1 Å². The Kier molecular flexibility index (Phi) is 3.91. The van der Waals surface area contributed by atoms with Crippen LogP contribution in [0.4, 0.5) is 11.4 Å². The second kappa shape index (κ2) is 5.48. The third kappa shape index (κ3) is 3.06. The van der Waals surface area contributed by atoms with Gasteiger partial charge in [0.2, 0.25) is 0 Å². The van der Waals surface area contributed by atoms with Gasteiger partial charge in [0.25, 0.3) is 15.7 Å². The minimum atomic E-state index is -3.99. The summed E-state index contributed by atoms with van der Waals surface area (Å²) in [5.74, 6) is 0. The number of halogens is 1. The zero-order valence-electron chi connectivity index (χ0n) is 9.99. The smallest absolute Gasteiger partial charge is 0.270 e. The molecule has 0 radical (unpaired) electrons. The lowest BCUT2D eigenvalue weighted by Gasteiger charge is -2.09. The van der Waals surface area contributed by atoms with Crippen LogP contribution in [0.25, 0.3) is 0 Å². The number of nitrogens with one attached hydrogen (secondary N) is 1. The first-order valence-corrected chi connectivity index (χ1v) is 7.28.